The lowest BCUT2D eigenvalue weighted by Gasteiger charge is -2.14. The molecule has 3 amide bonds. The average molecular weight is 340 g/mol. The summed E-state index contributed by atoms with van der Waals surface area (Å²) in [6.07, 6.45) is 5.29. The van der Waals surface area contributed by atoms with Crippen molar-refractivity contribution in [1.29, 1.82) is 0 Å². The van der Waals surface area contributed by atoms with E-state index < -0.39 is 0 Å². The Labute approximate surface area is 148 Å². The molecule has 2 atom stereocenters. The summed E-state index contributed by atoms with van der Waals surface area (Å²) in [5.41, 5.74) is 1.94. The van der Waals surface area contributed by atoms with Crippen LogP contribution in [0, 0.1) is 11.8 Å². The van der Waals surface area contributed by atoms with Crippen LogP contribution in [0.15, 0.2) is 36.4 Å². The van der Waals surface area contributed by atoms with Gasteiger partial charge in [0.15, 0.2) is 0 Å². The van der Waals surface area contributed by atoms with Crippen molar-refractivity contribution in [2.75, 3.05) is 11.9 Å². The zero-order valence-corrected chi connectivity index (χ0v) is 14.7. The summed E-state index contributed by atoms with van der Waals surface area (Å²) in [4.78, 5) is 38.1. The molecule has 0 aromatic heterocycles. The van der Waals surface area contributed by atoms with Crippen LogP contribution in [-0.2, 0) is 14.4 Å². The monoisotopic (exact) mass is 340 g/mol. The molecule has 3 rings (SSSR count). The number of nitrogens with one attached hydrogen (secondary N) is 1. The van der Waals surface area contributed by atoms with Crippen LogP contribution >= 0.6 is 0 Å². The minimum Gasteiger partial charge on any atom is -0.326 e. The molecule has 5 heteroatoms. The summed E-state index contributed by atoms with van der Waals surface area (Å²) >= 11 is 0. The van der Waals surface area contributed by atoms with Gasteiger partial charge in [-0.05, 0) is 36.5 Å². The SMILES string of the molecule is CC(C)c1ccc(NC(=O)CCN2C(=O)[C@H]3CC=CC[C@@H]3C2=O)cc1. The number of nitrogens with zero attached hydrogens (tertiary/aromatic N) is 1. The van der Waals surface area contributed by atoms with Gasteiger partial charge in [-0.3, -0.25) is 19.3 Å². The third kappa shape index (κ3) is 3.65. The van der Waals surface area contributed by atoms with Gasteiger partial charge in [-0.2, -0.15) is 0 Å². The second-order valence-corrected chi connectivity index (χ2v) is 7.06. The summed E-state index contributed by atoms with van der Waals surface area (Å²) in [5, 5.41) is 2.82. The van der Waals surface area contributed by atoms with Gasteiger partial charge in [0.05, 0.1) is 11.8 Å². The summed E-state index contributed by atoms with van der Waals surface area (Å²) in [6.45, 7) is 4.39. The average Bonchev–Trinajstić information content (AvgIpc) is 2.85. The van der Waals surface area contributed by atoms with Crippen LogP contribution < -0.4 is 5.32 Å². The van der Waals surface area contributed by atoms with E-state index in [1.807, 2.05) is 36.4 Å². The van der Waals surface area contributed by atoms with Crippen molar-refractivity contribution in [3.8, 4) is 0 Å². The minimum absolute atomic E-state index is 0.121. The highest BCUT2D eigenvalue weighted by molar-refractivity contribution is 6.05. The number of carbonyl (C=O) groups excluding carboxylic acids is 3. The second-order valence-electron chi connectivity index (χ2n) is 7.06. The highest BCUT2D eigenvalue weighted by Gasteiger charge is 2.46. The Morgan fingerprint density at radius 1 is 1.08 bits per heavy atom. The molecule has 0 radical (unpaired) electrons. The topological polar surface area (TPSA) is 66.5 Å². The molecule has 25 heavy (non-hydrogen) atoms. The molecule has 5 nitrogen and oxygen atoms in total. The zero-order chi connectivity index (χ0) is 18.0. The molecule has 1 aliphatic carbocycles. The summed E-state index contributed by atoms with van der Waals surface area (Å²) in [7, 11) is 0. The zero-order valence-electron chi connectivity index (χ0n) is 14.7. The van der Waals surface area contributed by atoms with Crippen LogP contribution in [0.3, 0.4) is 0 Å². The number of hydrogen-bond acceptors (Lipinski definition) is 3. The van der Waals surface area contributed by atoms with Crippen molar-refractivity contribution in [3.05, 3.63) is 42.0 Å². The molecule has 0 saturated carbocycles. The Morgan fingerprint density at radius 2 is 1.64 bits per heavy atom. The predicted octanol–water partition coefficient (Wildman–Crippen LogP) is 3.09. The van der Waals surface area contributed by atoms with Gasteiger partial charge in [0, 0.05) is 18.7 Å². The Hall–Kier alpha value is -2.43. The standard InChI is InChI=1S/C20H24N2O3/c1-13(2)14-7-9-15(10-8-14)21-18(23)11-12-22-19(24)16-5-3-4-6-17(16)20(22)25/h3-4,7-10,13,16-17H,5-6,11-12H2,1-2H3,(H,21,23)/t16-,17-/m0/s1. The predicted molar refractivity (Wildman–Crippen MR) is 95.9 cm³/mol. The first-order valence-corrected chi connectivity index (χ1v) is 8.87. The first kappa shape index (κ1) is 17.4. The van der Waals surface area contributed by atoms with E-state index in [9.17, 15) is 14.4 Å². The third-order valence-electron chi connectivity index (χ3n) is 5.02. The van der Waals surface area contributed by atoms with Gasteiger partial charge in [-0.25, -0.2) is 0 Å². The quantitative estimate of drug-likeness (QED) is 0.662. The number of anilines is 1. The van der Waals surface area contributed by atoms with Crippen molar-refractivity contribution in [2.24, 2.45) is 11.8 Å². The normalized spacial score (nSPS) is 22.4. The highest BCUT2D eigenvalue weighted by atomic mass is 16.2. The fourth-order valence-electron chi connectivity index (χ4n) is 3.48. The molecule has 1 fully saturated rings. The van der Waals surface area contributed by atoms with Crippen LogP contribution in [0.5, 0.6) is 0 Å². The summed E-state index contributed by atoms with van der Waals surface area (Å²) in [6, 6.07) is 7.73. The molecule has 1 N–H and O–H groups in total. The molecular weight excluding hydrogens is 316 g/mol. The second kappa shape index (κ2) is 7.21. The number of fused-ring (bicyclic) bond motifs is 1. The van der Waals surface area contributed by atoms with Gasteiger partial charge in [0.2, 0.25) is 17.7 Å². The van der Waals surface area contributed by atoms with Crippen LogP contribution in [-0.4, -0.2) is 29.2 Å². The Bertz CT molecular complexity index is 680. The van der Waals surface area contributed by atoms with Crippen LogP contribution in [0.25, 0.3) is 0 Å². The molecule has 0 bridgehead atoms. The Kier molecular flexibility index (Phi) is 5.02. The van der Waals surface area contributed by atoms with E-state index in [0.717, 1.165) is 5.69 Å². The fourth-order valence-corrected chi connectivity index (χ4v) is 3.48. The number of benzene rings is 1. The van der Waals surface area contributed by atoms with E-state index >= 15 is 0 Å². The van der Waals surface area contributed by atoms with E-state index in [1.165, 1.54) is 10.5 Å². The molecule has 1 aromatic rings. The van der Waals surface area contributed by atoms with Crippen LogP contribution in [0.2, 0.25) is 0 Å². The summed E-state index contributed by atoms with van der Waals surface area (Å²) in [5.74, 6) is -0.476. The minimum atomic E-state index is -0.232. The van der Waals surface area contributed by atoms with Crippen molar-refractivity contribution >= 4 is 23.4 Å². The molecule has 0 unspecified atom stereocenters. The van der Waals surface area contributed by atoms with Gasteiger partial charge in [0.25, 0.3) is 0 Å². The fraction of sp³-hybridized carbons (Fsp3) is 0.450. The Morgan fingerprint density at radius 3 is 2.16 bits per heavy atom. The van der Waals surface area contributed by atoms with Crippen LogP contribution in [0.4, 0.5) is 5.69 Å². The van der Waals surface area contributed by atoms with E-state index in [1.54, 1.807) is 0 Å². The largest absolute Gasteiger partial charge is 0.326 e. The maximum atomic E-state index is 12.4. The van der Waals surface area contributed by atoms with Crippen molar-refractivity contribution in [2.45, 2.75) is 39.0 Å². The number of imide groups is 1. The van der Waals surface area contributed by atoms with Gasteiger partial charge in [-0.15, -0.1) is 0 Å². The third-order valence-corrected chi connectivity index (χ3v) is 5.02. The van der Waals surface area contributed by atoms with Crippen molar-refractivity contribution in [3.63, 3.8) is 0 Å². The molecule has 1 aromatic carbocycles. The number of rotatable bonds is 5. The first-order valence-electron chi connectivity index (χ1n) is 8.87. The lowest BCUT2D eigenvalue weighted by atomic mass is 9.85. The van der Waals surface area contributed by atoms with Crippen molar-refractivity contribution in [1.82, 2.24) is 4.90 Å². The lowest BCUT2D eigenvalue weighted by molar-refractivity contribution is -0.140. The molecule has 0 spiro atoms. The Balaban J connectivity index is 1.54. The van der Waals surface area contributed by atoms with Gasteiger partial charge < -0.3 is 5.32 Å². The van der Waals surface area contributed by atoms with Crippen molar-refractivity contribution < 1.29 is 14.4 Å². The van der Waals surface area contributed by atoms with Crippen LogP contribution in [0.1, 0.15) is 44.6 Å². The van der Waals surface area contributed by atoms with Gasteiger partial charge in [-0.1, -0.05) is 38.1 Å². The van der Waals surface area contributed by atoms with E-state index in [2.05, 4.69) is 19.2 Å². The lowest BCUT2D eigenvalue weighted by Crippen LogP contribution is -2.34. The molecule has 2 aliphatic rings. The molecule has 1 saturated heterocycles. The number of likely N-dealkylation sites (tertiary alicyclic amines) is 1. The van der Waals surface area contributed by atoms with Gasteiger partial charge >= 0.3 is 0 Å². The van der Waals surface area contributed by atoms with Gasteiger partial charge in [0.1, 0.15) is 0 Å². The number of carbonyl (C=O) groups is 3. The van der Waals surface area contributed by atoms with E-state index in [4.69, 9.17) is 0 Å². The molecular formula is C20H24N2O3. The summed E-state index contributed by atoms with van der Waals surface area (Å²) < 4.78 is 0. The number of allylic oxidation sites excluding steroid dienone is 2. The molecule has 1 aliphatic heterocycles. The highest BCUT2D eigenvalue weighted by Crippen LogP contribution is 2.35. The molecule has 132 valence electrons. The van der Waals surface area contributed by atoms with E-state index in [-0.39, 0.29) is 42.5 Å². The number of amides is 3. The van der Waals surface area contributed by atoms with E-state index in [0.29, 0.717) is 18.8 Å². The smallest absolute Gasteiger partial charge is 0.233 e. The number of hydrogen-bond donors (Lipinski definition) is 1. The molecule has 1 heterocycles. The maximum Gasteiger partial charge on any atom is 0.233 e. The first-order chi connectivity index (χ1) is 12.0. The maximum absolute atomic E-state index is 12.4.